The standard InChI is InChI=1S/C13H7BrCl2N2O4/c14-9-5-7(18(21)22)4-8(12(9)19)13(20)17-11-3-6(15)1-2-10(11)16/h1-5,19H,(H,17,20)/p-1. The summed E-state index contributed by atoms with van der Waals surface area (Å²) < 4.78 is -0.0796. The summed E-state index contributed by atoms with van der Waals surface area (Å²) in [5.41, 5.74) is -0.563. The van der Waals surface area contributed by atoms with Crippen molar-refractivity contribution in [3.63, 3.8) is 0 Å². The number of nitrogens with zero attached hydrogens (tertiary/aromatic N) is 1. The lowest BCUT2D eigenvalue weighted by Crippen LogP contribution is -2.15. The Labute approximate surface area is 142 Å². The van der Waals surface area contributed by atoms with Crippen LogP contribution in [0.4, 0.5) is 11.4 Å². The molecule has 2 aromatic carbocycles. The summed E-state index contributed by atoms with van der Waals surface area (Å²) in [7, 11) is 0. The topological polar surface area (TPSA) is 95.3 Å². The van der Waals surface area contributed by atoms with E-state index < -0.39 is 16.6 Å². The Morgan fingerprint density at radius 3 is 2.55 bits per heavy atom. The summed E-state index contributed by atoms with van der Waals surface area (Å²) in [6.07, 6.45) is 0. The Kier molecular flexibility index (Phi) is 4.90. The van der Waals surface area contributed by atoms with Crippen LogP contribution in [0.25, 0.3) is 0 Å². The number of benzene rings is 2. The molecule has 22 heavy (non-hydrogen) atoms. The highest BCUT2D eigenvalue weighted by Gasteiger charge is 2.16. The second-order valence-corrected chi connectivity index (χ2v) is 5.84. The zero-order valence-corrected chi connectivity index (χ0v) is 13.7. The molecule has 0 saturated carbocycles. The molecule has 1 N–H and O–H groups in total. The summed E-state index contributed by atoms with van der Waals surface area (Å²) in [5.74, 6) is -1.49. The molecule has 0 atom stereocenters. The molecule has 0 saturated heterocycles. The first-order valence-electron chi connectivity index (χ1n) is 5.71. The van der Waals surface area contributed by atoms with Crippen LogP contribution >= 0.6 is 39.1 Å². The van der Waals surface area contributed by atoms with Gasteiger partial charge in [0.1, 0.15) is 0 Å². The van der Waals surface area contributed by atoms with Crippen molar-refractivity contribution >= 4 is 56.4 Å². The zero-order valence-electron chi connectivity index (χ0n) is 10.6. The predicted octanol–water partition coefficient (Wildman–Crippen LogP) is 3.99. The van der Waals surface area contributed by atoms with E-state index >= 15 is 0 Å². The fourth-order valence-electron chi connectivity index (χ4n) is 1.64. The molecule has 0 spiro atoms. The molecule has 0 aromatic heterocycles. The maximum atomic E-state index is 12.2. The molecule has 0 bridgehead atoms. The first-order valence-corrected chi connectivity index (χ1v) is 7.26. The van der Waals surface area contributed by atoms with Crippen molar-refractivity contribution < 1.29 is 14.8 Å². The fourth-order valence-corrected chi connectivity index (χ4v) is 2.42. The van der Waals surface area contributed by atoms with Gasteiger partial charge in [0.05, 0.1) is 15.6 Å². The van der Waals surface area contributed by atoms with Crippen LogP contribution in [-0.4, -0.2) is 10.8 Å². The number of hydrogen-bond acceptors (Lipinski definition) is 4. The van der Waals surface area contributed by atoms with Crippen molar-refractivity contribution in [1.82, 2.24) is 0 Å². The second kappa shape index (κ2) is 6.51. The highest BCUT2D eigenvalue weighted by Crippen LogP contribution is 2.32. The third-order valence-corrected chi connectivity index (χ3v) is 3.81. The van der Waals surface area contributed by atoms with Gasteiger partial charge in [0.25, 0.3) is 11.6 Å². The molecule has 0 unspecified atom stereocenters. The molecule has 0 radical (unpaired) electrons. The molecule has 9 heteroatoms. The number of rotatable bonds is 3. The minimum atomic E-state index is -0.821. The van der Waals surface area contributed by atoms with Gasteiger partial charge in [-0.05, 0) is 18.2 Å². The Bertz CT molecular complexity index is 783. The first-order chi connectivity index (χ1) is 10.3. The number of hydrogen-bond donors (Lipinski definition) is 1. The van der Waals surface area contributed by atoms with Gasteiger partial charge in [0.15, 0.2) is 0 Å². The summed E-state index contributed by atoms with van der Waals surface area (Å²) >= 11 is 14.6. The van der Waals surface area contributed by atoms with Crippen LogP contribution in [0.2, 0.25) is 10.0 Å². The second-order valence-electron chi connectivity index (χ2n) is 4.14. The largest absolute Gasteiger partial charge is 0.871 e. The summed E-state index contributed by atoms with van der Waals surface area (Å²) in [5, 5.41) is 25.7. The minimum absolute atomic E-state index is 0.0796. The molecular weight excluding hydrogens is 399 g/mol. The van der Waals surface area contributed by atoms with E-state index in [1.54, 1.807) is 0 Å². The zero-order chi connectivity index (χ0) is 16.4. The highest BCUT2D eigenvalue weighted by molar-refractivity contribution is 9.10. The smallest absolute Gasteiger partial charge is 0.271 e. The number of nitro groups is 1. The Morgan fingerprint density at radius 2 is 1.91 bits per heavy atom. The molecule has 0 aliphatic heterocycles. The molecule has 2 rings (SSSR count). The molecule has 114 valence electrons. The number of amides is 1. The van der Waals surface area contributed by atoms with Gasteiger partial charge in [-0.3, -0.25) is 14.9 Å². The molecule has 1 amide bonds. The van der Waals surface area contributed by atoms with Gasteiger partial charge in [-0.15, -0.1) is 0 Å². The number of halogens is 3. The van der Waals surface area contributed by atoms with E-state index in [-0.39, 0.29) is 26.4 Å². The van der Waals surface area contributed by atoms with Gasteiger partial charge >= 0.3 is 0 Å². The lowest BCUT2D eigenvalue weighted by Gasteiger charge is -2.15. The molecular formula is C13H6BrCl2N2O4-. The maximum Gasteiger partial charge on any atom is 0.271 e. The normalized spacial score (nSPS) is 10.3. The van der Waals surface area contributed by atoms with Gasteiger partial charge in [-0.2, -0.15) is 0 Å². The number of anilines is 1. The van der Waals surface area contributed by atoms with Crippen LogP contribution in [0.3, 0.4) is 0 Å². The van der Waals surface area contributed by atoms with E-state index in [4.69, 9.17) is 23.2 Å². The first kappa shape index (κ1) is 16.5. The van der Waals surface area contributed by atoms with Crippen LogP contribution < -0.4 is 10.4 Å². The SMILES string of the molecule is O=C(Nc1cc(Cl)ccc1Cl)c1cc([N+](=O)[O-])cc(Br)c1[O-]. The third-order valence-electron chi connectivity index (χ3n) is 2.66. The number of carbonyl (C=O) groups excluding carboxylic acids is 1. The Balaban J connectivity index is 2.41. The van der Waals surface area contributed by atoms with E-state index in [2.05, 4.69) is 21.2 Å². The number of carbonyl (C=O) groups is 1. The van der Waals surface area contributed by atoms with Crippen molar-refractivity contribution in [2.75, 3.05) is 5.32 Å². The molecule has 2 aromatic rings. The molecule has 0 aliphatic rings. The summed E-state index contributed by atoms with van der Waals surface area (Å²) in [4.78, 5) is 22.3. The van der Waals surface area contributed by atoms with Gasteiger partial charge in [0, 0.05) is 27.2 Å². The average molecular weight is 405 g/mol. The number of nitro benzene ring substituents is 1. The quantitative estimate of drug-likeness (QED) is 0.617. The van der Waals surface area contributed by atoms with Gasteiger partial charge in [-0.25, -0.2) is 0 Å². The van der Waals surface area contributed by atoms with Crippen molar-refractivity contribution in [3.8, 4) is 5.75 Å². The molecule has 6 nitrogen and oxygen atoms in total. The van der Waals surface area contributed by atoms with Crippen molar-refractivity contribution in [2.24, 2.45) is 0 Å². The van der Waals surface area contributed by atoms with Crippen LogP contribution in [0, 0.1) is 10.1 Å². The number of non-ortho nitro benzene ring substituents is 1. The van der Waals surface area contributed by atoms with Crippen molar-refractivity contribution in [1.29, 1.82) is 0 Å². The van der Waals surface area contributed by atoms with Crippen molar-refractivity contribution in [2.45, 2.75) is 0 Å². The van der Waals surface area contributed by atoms with E-state index in [0.29, 0.717) is 5.02 Å². The Hall–Kier alpha value is -1.83. The molecule has 0 aliphatic carbocycles. The monoisotopic (exact) mass is 403 g/mol. The van der Waals surface area contributed by atoms with Crippen molar-refractivity contribution in [3.05, 3.63) is 60.5 Å². The van der Waals surface area contributed by atoms with Crippen LogP contribution in [0.5, 0.6) is 5.75 Å². The Morgan fingerprint density at radius 1 is 1.23 bits per heavy atom. The summed E-state index contributed by atoms with van der Waals surface area (Å²) in [6, 6.07) is 6.34. The highest BCUT2D eigenvalue weighted by atomic mass is 79.9. The third kappa shape index (κ3) is 3.49. The maximum absolute atomic E-state index is 12.2. The molecule has 0 heterocycles. The lowest BCUT2D eigenvalue weighted by molar-refractivity contribution is -0.385. The minimum Gasteiger partial charge on any atom is -0.871 e. The van der Waals surface area contributed by atoms with Crippen LogP contribution in [0.1, 0.15) is 10.4 Å². The fraction of sp³-hybridized carbons (Fsp3) is 0. The van der Waals surface area contributed by atoms with Gasteiger partial charge in [-0.1, -0.05) is 44.9 Å². The average Bonchev–Trinajstić information content (AvgIpc) is 2.45. The predicted molar refractivity (Wildman–Crippen MR) is 84.7 cm³/mol. The van der Waals surface area contributed by atoms with E-state index in [9.17, 15) is 20.0 Å². The van der Waals surface area contributed by atoms with E-state index in [1.165, 1.54) is 18.2 Å². The van der Waals surface area contributed by atoms with Crippen LogP contribution in [-0.2, 0) is 0 Å². The summed E-state index contributed by atoms with van der Waals surface area (Å²) in [6.45, 7) is 0. The van der Waals surface area contributed by atoms with E-state index in [0.717, 1.165) is 12.1 Å². The van der Waals surface area contributed by atoms with Gasteiger partial charge in [0.2, 0.25) is 0 Å². The number of nitrogens with one attached hydrogen (secondary N) is 1. The van der Waals surface area contributed by atoms with E-state index in [1.807, 2.05) is 0 Å². The molecule has 0 fully saturated rings. The van der Waals surface area contributed by atoms with Crippen LogP contribution in [0.15, 0.2) is 34.8 Å². The lowest BCUT2D eigenvalue weighted by atomic mass is 10.1. The van der Waals surface area contributed by atoms with Gasteiger partial charge < -0.3 is 10.4 Å².